The van der Waals surface area contributed by atoms with Crippen molar-refractivity contribution in [1.82, 2.24) is 0 Å². The Morgan fingerprint density at radius 2 is 1.54 bits per heavy atom. The van der Waals surface area contributed by atoms with Crippen molar-refractivity contribution in [1.29, 1.82) is 0 Å². The summed E-state index contributed by atoms with van der Waals surface area (Å²) >= 11 is 0. The van der Waals surface area contributed by atoms with E-state index in [1.54, 1.807) is 0 Å². The standard InChI is InChI=1S/C13H16/c1-10(2)11(3)12(4)13-8-6-5-7-9-13/h5-9H,4H2,1-3H3. The molecule has 0 nitrogen and oxygen atoms in total. The molecule has 0 heterocycles. The average molecular weight is 172 g/mol. The average Bonchev–Trinajstić information content (AvgIpc) is 2.17. The molecule has 0 atom stereocenters. The van der Waals surface area contributed by atoms with Crippen LogP contribution in [0.3, 0.4) is 0 Å². The maximum Gasteiger partial charge on any atom is -0.0187 e. The monoisotopic (exact) mass is 172 g/mol. The van der Waals surface area contributed by atoms with Gasteiger partial charge in [-0.25, -0.2) is 0 Å². The molecule has 1 aromatic carbocycles. The van der Waals surface area contributed by atoms with Crippen molar-refractivity contribution in [3.05, 3.63) is 53.6 Å². The predicted octanol–water partition coefficient (Wildman–Crippen LogP) is 4.06. The van der Waals surface area contributed by atoms with E-state index in [0.717, 1.165) is 5.57 Å². The number of hydrogen-bond acceptors (Lipinski definition) is 0. The Balaban J connectivity index is 3.00. The zero-order chi connectivity index (χ0) is 9.84. The molecule has 0 bridgehead atoms. The second kappa shape index (κ2) is 4.08. The van der Waals surface area contributed by atoms with Crippen molar-refractivity contribution in [2.45, 2.75) is 20.8 Å². The van der Waals surface area contributed by atoms with Gasteiger partial charge in [0.15, 0.2) is 0 Å². The van der Waals surface area contributed by atoms with Crippen molar-refractivity contribution in [3.63, 3.8) is 0 Å². The molecule has 0 aliphatic carbocycles. The van der Waals surface area contributed by atoms with Crippen molar-refractivity contribution in [3.8, 4) is 0 Å². The lowest BCUT2D eigenvalue weighted by Crippen LogP contribution is -1.86. The molecule has 1 aromatic rings. The van der Waals surface area contributed by atoms with E-state index >= 15 is 0 Å². The Labute approximate surface area is 80.6 Å². The molecule has 0 radical (unpaired) electrons. The van der Waals surface area contributed by atoms with Gasteiger partial charge in [-0.3, -0.25) is 0 Å². The summed E-state index contributed by atoms with van der Waals surface area (Å²) in [5, 5.41) is 0. The van der Waals surface area contributed by atoms with Crippen molar-refractivity contribution in [2.75, 3.05) is 0 Å². The third-order valence-corrected chi connectivity index (χ3v) is 2.32. The highest BCUT2D eigenvalue weighted by molar-refractivity contribution is 5.77. The molecule has 0 saturated carbocycles. The van der Waals surface area contributed by atoms with Gasteiger partial charge in [-0.05, 0) is 37.5 Å². The van der Waals surface area contributed by atoms with E-state index in [-0.39, 0.29) is 0 Å². The molecule has 0 N–H and O–H groups in total. The van der Waals surface area contributed by atoms with Gasteiger partial charge in [0.2, 0.25) is 0 Å². The van der Waals surface area contributed by atoms with Gasteiger partial charge < -0.3 is 0 Å². The van der Waals surface area contributed by atoms with E-state index < -0.39 is 0 Å². The van der Waals surface area contributed by atoms with Gasteiger partial charge in [0, 0.05) is 0 Å². The third kappa shape index (κ3) is 2.32. The summed E-state index contributed by atoms with van der Waals surface area (Å²) in [5.74, 6) is 0. The van der Waals surface area contributed by atoms with E-state index in [9.17, 15) is 0 Å². The van der Waals surface area contributed by atoms with Gasteiger partial charge >= 0.3 is 0 Å². The van der Waals surface area contributed by atoms with Gasteiger partial charge in [0.25, 0.3) is 0 Å². The fraction of sp³-hybridized carbons (Fsp3) is 0.231. The van der Waals surface area contributed by atoms with Gasteiger partial charge in [-0.2, -0.15) is 0 Å². The number of benzene rings is 1. The minimum atomic E-state index is 1.13. The normalized spacial score (nSPS) is 9.46. The Kier molecular flexibility index (Phi) is 3.07. The molecule has 0 spiro atoms. The summed E-state index contributed by atoms with van der Waals surface area (Å²) in [6.07, 6.45) is 0. The van der Waals surface area contributed by atoms with Crippen LogP contribution in [0.15, 0.2) is 48.1 Å². The van der Waals surface area contributed by atoms with E-state index in [4.69, 9.17) is 0 Å². The van der Waals surface area contributed by atoms with Crippen LogP contribution in [0.5, 0.6) is 0 Å². The molecule has 0 aliphatic heterocycles. The highest BCUT2D eigenvalue weighted by Gasteiger charge is 2.00. The Morgan fingerprint density at radius 1 is 1.00 bits per heavy atom. The van der Waals surface area contributed by atoms with Gasteiger partial charge in [0.1, 0.15) is 0 Å². The Hall–Kier alpha value is -1.30. The molecule has 0 fully saturated rings. The van der Waals surface area contributed by atoms with E-state index in [2.05, 4.69) is 39.5 Å². The van der Waals surface area contributed by atoms with E-state index in [1.165, 1.54) is 16.7 Å². The first-order valence-corrected chi connectivity index (χ1v) is 4.51. The summed E-state index contributed by atoms with van der Waals surface area (Å²) in [6.45, 7) is 10.4. The molecule has 1 rings (SSSR count). The van der Waals surface area contributed by atoms with Crippen molar-refractivity contribution < 1.29 is 0 Å². The molecule has 0 aliphatic rings. The minimum absolute atomic E-state index is 1.13. The van der Waals surface area contributed by atoms with Gasteiger partial charge in [-0.15, -0.1) is 0 Å². The van der Waals surface area contributed by atoms with Crippen LogP contribution in [0.1, 0.15) is 26.3 Å². The summed E-state index contributed by atoms with van der Waals surface area (Å²) in [6, 6.07) is 10.3. The predicted molar refractivity (Wildman–Crippen MR) is 59.5 cm³/mol. The summed E-state index contributed by atoms with van der Waals surface area (Å²) < 4.78 is 0. The molecule has 0 saturated heterocycles. The zero-order valence-corrected chi connectivity index (χ0v) is 8.59. The zero-order valence-electron chi connectivity index (χ0n) is 8.59. The number of allylic oxidation sites excluding steroid dienone is 3. The van der Waals surface area contributed by atoms with Crippen LogP contribution in [-0.2, 0) is 0 Å². The first kappa shape index (κ1) is 9.79. The second-order valence-electron chi connectivity index (χ2n) is 3.47. The topological polar surface area (TPSA) is 0 Å². The second-order valence-corrected chi connectivity index (χ2v) is 3.47. The van der Waals surface area contributed by atoms with Crippen LogP contribution in [0.25, 0.3) is 5.57 Å². The minimum Gasteiger partial charge on any atom is -0.0909 e. The molecule has 0 unspecified atom stereocenters. The molecular weight excluding hydrogens is 156 g/mol. The van der Waals surface area contributed by atoms with Gasteiger partial charge in [-0.1, -0.05) is 42.5 Å². The molecule has 0 aromatic heterocycles. The van der Waals surface area contributed by atoms with E-state index in [0.29, 0.717) is 0 Å². The largest absolute Gasteiger partial charge is 0.0909 e. The Bertz CT molecular complexity index is 324. The summed E-state index contributed by atoms with van der Waals surface area (Å²) in [7, 11) is 0. The smallest absolute Gasteiger partial charge is 0.0187 e. The fourth-order valence-electron chi connectivity index (χ4n) is 1.16. The maximum atomic E-state index is 4.09. The van der Waals surface area contributed by atoms with Crippen LogP contribution in [0.2, 0.25) is 0 Å². The lowest BCUT2D eigenvalue weighted by atomic mass is 9.98. The van der Waals surface area contributed by atoms with Crippen LogP contribution in [0.4, 0.5) is 0 Å². The van der Waals surface area contributed by atoms with Gasteiger partial charge in [0.05, 0.1) is 0 Å². The molecule has 0 heteroatoms. The molecule has 0 amide bonds. The summed E-state index contributed by atoms with van der Waals surface area (Å²) in [5.41, 5.74) is 4.95. The molecular formula is C13H16. The van der Waals surface area contributed by atoms with Crippen LogP contribution >= 0.6 is 0 Å². The highest BCUT2D eigenvalue weighted by Crippen LogP contribution is 2.22. The number of rotatable bonds is 2. The van der Waals surface area contributed by atoms with Crippen molar-refractivity contribution in [2.24, 2.45) is 0 Å². The molecule has 68 valence electrons. The fourth-order valence-corrected chi connectivity index (χ4v) is 1.16. The van der Waals surface area contributed by atoms with Crippen LogP contribution in [0, 0.1) is 0 Å². The first-order chi connectivity index (χ1) is 6.13. The van der Waals surface area contributed by atoms with Crippen LogP contribution < -0.4 is 0 Å². The molecule has 13 heavy (non-hydrogen) atoms. The maximum absolute atomic E-state index is 4.09. The SMILES string of the molecule is C=C(C(C)=C(C)C)c1ccccc1. The highest BCUT2D eigenvalue weighted by atomic mass is 14.1. The lowest BCUT2D eigenvalue weighted by molar-refractivity contribution is 1.30. The lowest BCUT2D eigenvalue weighted by Gasteiger charge is -2.07. The third-order valence-electron chi connectivity index (χ3n) is 2.32. The van der Waals surface area contributed by atoms with E-state index in [1.807, 2.05) is 18.2 Å². The van der Waals surface area contributed by atoms with Crippen LogP contribution in [-0.4, -0.2) is 0 Å². The number of hydrogen-bond donors (Lipinski definition) is 0. The summed E-state index contributed by atoms with van der Waals surface area (Å²) in [4.78, 5) is 0. The Morgan fingerprint density at radius 3 is 2.00 bits per heavy atom. The van der Waals surface area contributed by atoms with Crippen molar-refractivity contribution >= 4 is 5.57 Å². The first-order valence-electron chi connectivity index (χ1n) is 4.51. The quantitative estimate of drug-likeness (QED) is 0.590.